The fourth-order valence-corrected chi connectivity index (χ4v) is 2.90. The van der Waals surface area contributed by atoms with E-state index in [1.807, 2.05) is 0 Å². The van der Waals surface area contributed by atoms with E-state index in [4.69, 9.17) is 5.73 Å². The summed E-state index contributed by atoms with van der Waals surface area (Å²) >= 11 is 0. The molecule has 1 fully saturated rings. The van der Waals surface area contributed by atoms with Crippen LogP contribution in [0.4, 0.5) is 0 Å². The van der Waals surface area contributed by atoms with E-state index in [9.17, 15) is 0 Å². The predicted octanol–water partition coefficient (Wildman–Crippen LogP) is 3.20. The van der Waals surface area contributed by atoms with Crippen LogP contribution in [0, 0.1) is 5.41 Å². The van der Waals surface area contributed by atoms with Gasteiger partial charge in [0.1, 0.15) is 0 Å². The maximum atomic E-state index is 6.23. The summed E-state index contributed by atoms with van der Waals surface area (Å²) in [4.78, 5) is 2.56. The molecule has 100 valence electrons. The van der Waals surface area contributed by atoms with Crippen molar-refractivity contribution in [3.8, 4) is 0 Å². The van der Waals surface area contributed by atoms with Crippen molar-refractivity contribution in [2.75, 3.05) is 13.1 Å². The Labute approximate surface area is 111 Å². The zero-order valence-electron chi connectivity index (χ0n) is 11.9. The summed E-state index contributed by atoms with van der Waals surface area (Å²) < 4.78 is 0. The van der Waals surface area contributed by atoms with Crippen LogP contribution in [-0.4, -0.2) is 24.0 Å². The highest BCUT2D eigenvalue weighted by molar-refractivity contribution is 5.20. The zero-order valence-corrected chi connectivity index (χ0v) is 11.9. The Morgan fingerprint density at radius 2 is 1.67 bits per heavy atom. The Bertz CT molecular complexity index is 360. The average molecular weight is 246 g/mol. The van der Waals surface area contributed by atoms with Crippen LogP contribution in [0.2, 0.25) is 0 Å². The van der Waals surface area contributed by atoms with E-state index < -0.39 is 0 Å². The molecule has 1 aromatic rings. The predicted molar refractivity (Wildman–Crippen MR) is 77.4 cm³/mol. The maximum Gasteiger partial charge on any atom is 0.0496 e. The molecule has 1 heterocycles. The smallest absolute Gasteiger partial charge is 0.0496 e. The van der Waals surface area contributed by atoms with E-state index in [2.05, 4.69) is 56.0 Å². The molecule has 0 amide bonds. The number of hydrogen-bond acceptors (Lipinski definition) is 2. The molecule has 0 saturated carbocycles. The van der Waals surface area contributed by atoms with E-state index in [1.54, 1.807) is 0 Å². The Kier molecular flexibility index (Phi) is 4.08. The topological polar surface area (TPSA) is 29.3 Å². The molecule has 2 atom stereocenters. The Hall–Kier alpha value is -0.860. The number of likely N-dealkylation sites (tertiary alicyclic amines) is 1. The summed E-state index contributed by atoms with van der Waals surface area (Å²) in [5, 5.41) is 0. The number of piperidine rings is 1. The average Bonchev–Trinajstić information content (AvgIpc) is 2.33. The monoisotopic (exact) mass is 246 g/mol. The van der Waals surface area contributed by atoms with Crippen LogP contribution >= 0.6 is 0 Å². The standard InChI is InChI=1S/C16H26N2/c1-13(17)15(14-7-5-4-6-8-14)18-11-9-16(2,3)10-12-18/h4-8,13,15H,9-12,17H2,1-3H3. The van der Waals surface area contributed by atoms with E-state index in [1.165, 1.54) is 18.4 Å². The van der Waals surface area contributed by atoms with Crippen molar-refractivity contribution in [2.45, 2.75) is 45.7 Å². The molecule has 0 aliphatic carbocycles. The van der Waals surface area contributed by atoms with Crippen LogP contribution in [0.5, 0.6) is 0 Å². The van der Waals surface area contributed by atoms with Crippen LogP contribution in [0.25, 0.3) is 0 Å². The molecule has 2 unspecified atom stereocenters. The molecular weight excluding hydrogens is 220 g/mol. The van der Waals surface area contributed by atoms with Crippen LogP contribution in [0.1, 0.15) is 45.2 Å². The quantitative estimate of drug-likeness (QED) is 0.887. The minimum Gasteiger partial charge on any atom is -0.326 e. The third-order valence-electron chi connectivity index (χ3n) is 4.18. The third-order valence-corrected chi connectivity index (χ3v) is 4.18. The molecule has 0 aromatic heterocycles. The van der Waals surface area contributed by atoms with Gasteiger partial charge in [0, 0.05) is 12.1 Å². The molecular formula is C16H26N2. The summed E-state index contributed by atoms with van der Waals surface area (Å²) in [6, 6.07) is 11.2. The van der Waals surface area contributed by atoms with E-state index in [-0.39, 0.29) is 6.04 Å². The van der Waals surface area contributed by atoms with Gasteiger partial charge in [0.05, 0.1) is 0 Å². The van der Waals surface area contributed by atoms with Crippen LogP contribution in [-0.2, 0) is 0 Å². The van der Waals surface area contributed by atoms with Gasteiger partial charge in [0.2, 0.25) is 0 Å². The summed E-state index contributed by atoms with van der Waals surface area (Å²) in [6.45, 7) is 9.18. The minimum absolute atomic E-state index is 0.175. The lowest BCUT2D eigenvalue weighted by atomic mass is 9.81. The minimum atomic E-state index is 0.175. The first-order chi connectivity index (χ1) is 8.49. The van der Waals surface area contributed by atoms with E-state index in [0.29, 0.717) is 11.5 Å². The fraction of sp³-hybridized carbons (Fsp3) is 0.625. The Morgan fingerprint density at radius 3 is 2.17 bits per heavy atom. The van der Waals surface area contributed by atoms with Gasteiger partial charge in [-0.25, -0.2) is 0 Å². The van der Waals surface area contributed by atoms with Gasteiger partial charge in [0.15, 0.2) is 0 Å². The lowest BCUT2D eigenvalue weighted by molar-refractivity contribution is 0.0842. The number of nitrogens with two attached hydrogens (primary N) is 1. The first-order valence-corrected chi connectivity index (χ1v) is 7.04. The second-order valence-electron chi connectivity index (χ2n) is 6.41. The molecule has 2 nitrogen and oxygen atoms in total. The van der Waals surface area contributed by atoms with Crippen molar-refractivity contribution in [3.05, 3.63) is 35.9 Å². The van der Waals surface area contributed by atoms with Crippen LogP contribution in [0.3, 0.4) is 0 Å². The van der Waals surface area contributed by atoms with Crippen molar-refractivity contribution in [1.82, 2.24) is 4.90 Å². The van der Waals surface area contributed by atoms with Crippen molar-refractivity contribution in [2.24, 2.45) is 11.1 Å². The highest BCUT2D eigenvalue weighted by Gasteiger charge is 2.31. The normalized spacial score (nSPS) is 23.6. The van der Waals surface area contributed by atoms with Gasteiger partial charge in [-0.3, -0.25) is 4.90 Å². The lowest BCUT2D eigenvalue weighted by Crippen LogP contribution is -2.45. The summed E-state index contributed by atoms with van der Waals surface area (Å²) in [7, 11) is 0. The zero-order chi connectivity index (χ0) is 13.2. The molecule has 1 saturated heterocycles. The van der Waals surface area contributed by atoms with Gasteiger partial charge >= 0.3 is 0 Å². The number of benzene rings is 1. The third kappa shape index (κ3) is 3.12. The molecule has 2 N–H and O–H groups in total. The second-order valence-corrected chi connectivity index (χ2v) is 6.41. The summed E-state index contributed by atoms with van der Waals surface area (Å²) in [5.74, 6) is 0. The van der Waals surface area contributed by atoms with Gasteiger partial charge < -0.3 is 5.73 Å². The molecule has 0 spiro atoms. The molecule has 1 aromatic carbocycles. The van der Waals surface area contributed by atoms with Crippen molar-refractivity contribution >= 4 is 0 Å². The molecule has 1 aliphatic heterocycles. The Morgan fingerprint density at radius 1 is 1.11 bits per heavy atom. The molecule has 0 bridgehead atoms. The molecule has 2 heteroatoms. The molecule has 0 radical (unpaired) electrons. The van der Waals surface area contributed by atoms with Crippen LogP contribution in [0.15, 0.2) is 30.3 Å². The Balaban J connectivity index is 2.13. The van der Waals surface area contributed by atoms with E-state index in [0.717, 1.165) is 13.1 Å². The molecule has 18 heavy (non-hydrogen) atoms. The SMILES string of the molecule is CC(N)C(c1ccccc1)N1CCC(C)(C)CC1. The van der Waals surface area contributed by atoms with Gasteiger partial charge in [-0.15, -0.1) is 0 Å². The van der Waals surface area contributed by atoms with Gasteiger partial charge in [-0.05, 0) is 43.8 Å². The van der Waals surface area contributed by atoms with Gasteiger partial charge in [0.25, 0.3) is 0 Å². The van der Waals surface area contributed by atoms with Crippen molar-refractivity contribution < 1.29 is 0 Å². The van der Waals surface area contributed by atoms with Crippen LogP contribution < -0.4 is 5.73 Å². The summed E-state index contributed by atoms with van der Waals surface area (Å²) in [6.07, 6.45) is 2.53. The number of rotatable bonds is 3. The largest absolute Gasteiger partial charge is 0.326 e. The lowest BCUT2D eigenvalue weighted by Gasteiger charge is -2.42. The summed E-state index contributed by atoms with van der Waals surface area (Å²) in [5.41, 5.74) is 8.07. The first-order valence-electron chi connectivity index (χ1n) is 7.04. The molecule has 1 aliphatic rings. The van der Waals surface area contributed by atoms with E-state index >= 15 is 0 Å². The van der Waals surface area contributed by atoms with Crippen molar-refractivity contribution in [1.29, 1.82) is 0 Å². The van der Waals surface area contributed by atoms with Gasteiger partial charge in [-0.1, -0.05) is 44.2 Å². The highest BCUT2D eigenvalue weighted by Crippen LogP contribution is 2.34. The number of nitrogens with zero attached hydrogens (tertiary/aromatic N) is 1. The second kappa shape index (κ2) is 5.41. The fourth-order valence-electron chi connectivity index (χ4n) is 2.90. The molecule has 2 rings (SSSR count). The van der Waals surface area contributed by atoms with Gasteiger partial charge in [-0.2, -0.15) is 0 Å². The first kappa shape index (κ1) is 13.6. The van der Waals surface area contributed by atoms with Crippen molar-refractivity contribution in [3.63, 3.8) is 0 Å². The number of hydrogen-bond donors (Lipinski definition) is 1. The maximum absolute atomic E-state index is 6.23. The highest BCUT2D eigenvalue weighted by atomic mass is 15.2.